The molecule has 140 valence electrons. The summed E-state index contributed by atoms with van der Waals surface area (Å²) in [5.74, 6) is -1.77. The van der Waals surface area contributed by atoms with E-state index in [1.807, 2.05) is 6.92 Å². The van der Waals surface area contributed by atoms with Crippen LogP contribution in [0.1, 0.15) is 11.1 Å². The fraction of sp³-hybridized carbons (Fsp3) is 0.158. The topological polar surface area (TPSA) is 56.1 Å². The highest BCUT2D eigenvalue weighted by molar-refractivity contribution is 6.31. The Balaban J connectivity index is 2.07. The maximum atomic E-state index is 14.1. The van der Waals surface area contributed by atoms with Gasteiger partial charge in [0.2, 0.25) is 11.7 Å². The van der Waals surface area contributed by atoms with Crippen LogP contribution in [0.5, 0.6) is 5.75 Å². The van der Waals surface area contributed by atoms with Crippen LogP contribution < -0.4 is 15.6 Å². The minimum absolute atomic E-state index is 0.0137. The molecule has 1 heterocycles. The Morgan fingerprint density at radius 3 is 2.70 bits per heavy atom. The molecule has 3 aromatic rings. The minimum Gasteiger partial charge on any atom is -0.490 e. The zero-order valence-corrected chi connectivity index (χ0v) is 15.3. The van der Waals surface area contributed by atoms with Gasteiger partial charge in [0.25, 0.3) is 0 Å². The summed E-state index contributed by atoms with van der Waals surface area (Å²) in [6, 6.07) is 9.16. The molecule has 0 aliphatic rings. The number of nitrogens with zero attached hydrogens (tertiary/aromatic N) is 2. The molecule has 0 amide bonds. The van der Waals surface area contributed by atoms with E-state index in [2.05, 4.69) is 10.3 Å². The van der Waals surface area contributed by atoms with Crippen molar-refractivity contribution >= 4 is 23.2 Å². The van der Waals surface area contributed by atoms with Gasteiger partial charge >= 0.3 is 5.56 Å². The predicted octanol–water partition coefficient (Wildman–Crippen LogP) is 4.28. The second kappa shape index (κ2) is 7.75. The second-order valence-corrected chi connectivity index (χ2v) is 6.22. The number of anilines is 2. The summed E-state index contributed by atoms with van der Waals surface area (Å²) in [5.41, 5.74) is 0.907. The Bertz CT molecular complexity index is 1050. The summed E-state index contributed by atoms with van der Waals surface area (Å²) in [4.78, 5) is 16.1. The van der Waals surface area contributed by atoms with Crippen molar-refractivity contribution in [3.05, 3.63) is 80.7 Å². The van der Waals surface area contributed by atoms with E-state index < -0.39 is 17.2 Å². The van der Waals surface area contributed by atoms with E-state index in [9.17, 15) is 13.6 Å². The Morgan fingerprint density at radius 2 is 1.96 bits per heavy atom. The van der Waals surface area contributed by atoms with E-state index in [1.165, 1.54) is 30.0 Å². The van der Waals surface area contributed by atoms with Crippen LogP contribution in [0.2, 0.25) is 5.02 Å². The van der Waals surface area contributed by atoms with E-state index in [0.29, 0.717) is 10.7 Å². The Morgan fingerprint density at radius 1 is 1.22 bits per heavy atom. The number of hydrogen-bond donors (Lipinski definition) is 1. The van der Waals surface area contributed by atoms with Gasteiger partial charge in [0, 0.05) is 16.3 Å². The molecule has 2 aromatic carbocycles. The molecule has 3 rings (SSSR count). The molecule has 0 radical (unpaired) electrons. The van der Waals surface area contributed by atoms with Gasteiger partial charge in [-0.1, -0.05) is 29.8 Å². The fourth-order valence-electron chi connectivity index (χ4n) is 2.55. The monoisotopic (exact) mass is 391 g/mol. The van der Waals surface area contributed by atoms with Crippen LogP contribution in [0.3, 0.4) is 0 Å². The van der Waals surface area contributed by atoms with Gasteiger partial charge in [-0.15, -0.1) is 0 Å². The molecule has 0 aliphatic heterocycles. The van der Waals surface area contributed by atoms with Gasteiger partial charge in [0.1, 0.15) is 0 Å². The molecule has 27 heavy (non-hydrogen) atoms. The maximum Gasteiger partial charge on any atom is 0.316 e. The Kier molecular flexibility index (Phi) is 5.41. The number of rotatable bonds is 5. The summed E-state index contributed by atoms with van der Waals surface area (Å²) in [6.45, 7) is 1.75. The number of halogens is 3. The molecule has 8 heteroatoms. The highest BCUT2D eigenvalue weighted by Crippen LogP contribution is 2.26. The van der Waals surface area contributed by atoms with Crippen LogP contribution >= 0.6 is 11.6 Å². The van der Waals surface area contributed by atoms with Crippen molar-refractivity contribution in [1.29, 1.82) is 0 Å². The van der Waals surface area contributed by atoms with E-state index in [0.717, 1.165) is 11.6 Å². The number of ether oxygens (including phenoxy) is 1. The third kappa shape index (κ3) is 3.93. The normalized spacial score (nSPS) is 10.7. The third-order valence-corrected chi connectivity index (χ3v) is 4.48. The van der Waals surface area contributed by atoms with Crippen molar-refractivity contribution in [2.24, 2.45) is 0 Å². The average Bonchev–Trinajstić information content (AvgIpc) is 2.64. The van der Waals surface area contributed by atoms with Crippen LogP contribution in [-0.2, 0) is 6.54 Å². The molecule has 0 aliphatic carbocycles. The summed E-state index contributed by atoms with van der Waals surface area (Å²) < 4.78 is 34.1. The number of benzene rings is 2. The standard InChI is InChI=1S/C19H16ClF2N3O2/c1-11-13(20)6-4-8-15(11)23-19-24-18(26)16(27-2)10-25(19)9-12-5-3-7-14(21)17(12)22/h3-8,10H,9H2,1-2H3,(H,23,24,26). The molecular formula is C19H16ClF2N3O2. The van der Waals surface area contributed by atoms with Crippen molar-refractivity contribution < 1.29 is 13.5 Å². The van der Waals surface area contributed by atoms with Gasteiger partial charge < -0.3 is 14.6 Å². The minimum atomic E-state index is -0.958. The highest BCUT2D eigenvalue weighted by atomic mass is 35.5. The molecule has 0 fully saturated rings. The van der Waals surface area contributed by atoms with E-state index in [1.54, 1.807) is 18.2 Å². The number of aromatic nitrogens is 2. The van der Waals surface area contributed by atoms with Gasteiger partial charge in [-0.3, -0.25) is 4.79 Å². The first-order chi connectivity index (χ1) is 12.9. The maximum absolute atomic E-state index is 14.1. The summed E-state index contributed by atoms with van der Waals surface area (Å²) in [7, 11) is 1.33. The quantitative estimate of drug-likeness (QED) is 0.705. The predicted molar refractivity (Wildman–Crippen MR) is 100.0 cm³/mol. The van der Waals surface area contributed by atoms with Crippen molar-refractivity contribution in [2.75, 3.05) is 12.4 Å². The smallest absolute Gasteiger partial charge is 0.316 e. The molecule has 1 aromatic heterocycles. The number of methoxy groups -OCH3 is 1. The lowest BCUT2D eigenvalue weighted by Gasteiger charge is -2.17. The molecule has 0 unspecified atom stereocenters. The van der Waals surface area contributed by atoms with Crippen molar-refractivity contribution in [3.8, 4) is 5.75 Å². The summed E-state index contributed by atoms with van der Waals surface area (Å²) >= 11 is 6.13. The molecule has 0 spiro atoms. The first-order valence-corrected chi connectivity index (χ1v) is 8.39. The van der Waals surface area contributed by atoms with E-state index >= 15 is 0 Å². The average molecular weight is 392 g/mol. The van der Waals surface area contributed by atoms with Crippen LogP contribution in [0.25, 0.3) is 0 Å². The zero-order valence-electron chi connectivity index (χ0n) is 14.6. The third-order valence-electron chi connectivity index (χ3n) is 4.07. The highest BCUT2D eigenvalue weighted by Gasteiger charge is 2.14. The van der Waals surface area contributed by atoms with Gasteiger partial charge in [-0.2, -0.15) is 4.98 Å². The number of hydrogen-bond acceptors (Lipinski definition) is 4. The van der Waals surface area contributed by atoms with E-state index in [-0.39, 0.29) is 23.8 Å². The van der Waals surface area contributed by atoms with E-state index in [4.69, 9.17) is 16.3 Å². The SMILES string of the molecule is COc1cn(Cc2cccc(F)c2F)c(Nc2cccc(Cl)c2C)nc1=O. The Hall–Kier alpha value is -2.93. The zero-order chi connectivity index (χ0) is 19.6. The molecule has 0 bridgehead atoms. The van der Waals surface area contributed by atoms with Gasteiger partial charge in [-0.25, -0.2) is 8.78 Å². The van der Waals surface area contributed by atoms with Gasteiger partial charge in [0.15, 0.2) is 11.6 Å². The van der Waals surface area contributed by atoms with Gasteiger partial charge in [0.05, 0.1) is 19.9 Å². The first-order valence-electron chi connectivity index (χ1n) is 8.01. The molecular weight excluding hydrogens is 376 g/mol. The molecule has 0 saturated carbocycles. The van der Waals surface area contributed by atoms with Crippen molar-refractivity contribution in [3.63, 3.8) is 0 Å². The molecule has 0 atom stereocenters. The second-order valence-electron chi connectivity index (χ2n) is 5.82. The lowest BCUT2D eigenvalue weighted by Crippen LogP contribution is -2.19. The lowest BCUT2D eigenvalue weighted by atomic mass is 10.2. The van der Waals surface area contributed by atoms with Crippen molar-refractivity contribution in [2.45, 2.75) is 13.5 Å². The molecule has 0 saturated heterocycles. The molecule has 5 nitrogen and oxygen atoms in total. The van der Waals surface area contributed by atoms with Crippen LogP contribution in [0.4, 0.5) is 20.4 Å². The number of nitrogens with one attached hydrogen (secondary N) is 1. The fourth-order valence-corrected chi connectivity index (χ4v) is 2.73. The lowest BCUT2D eigenvalue weighted by molar-refractivity contribution is 0.402. The largest absolute Gasteiger partial charge is 0.490 e. The summed E-state index contributed by atoms with van der Waals surface area (Å²) in [6.07, 6.45) is 1.39. The molecule has 1 N–H and O–H groups in total. The van der Waals surface area contributed by atoms with Gasteiger partial charge in [-0.05, 0) is 30.7 Å². The van der Waals surface area contributed by atoms with Crippen LogP contribution in [-0.4, -0.2) is 16.7 Å². The first kappa shape index (κ1) is 18.8. The Labute approximate surface area is 159 Å². The summed E-state index contributed by atoms with van der Waals surface area (Å²) in [5, 5.41) is 3.56. The van der Waals surface area contributed by atoms with Crippen LogP contribution in [0.15, 0.2) is 47.4 Å². The van der Waals surface area contributed by atoms with Crippen LogP contribution in [0, 0.1) is 18.6 Å². The van der Waals surface area contributed by atoms with Crippen molar-refractivity contribution in [1.82, 2.24) is 9.55 Å².